The number of benzene rings is 2. The minimum Gasteiger partial charge on any atom is -0.361 e. The number of aromatic amines is 1. The van der Waals surface area contributed by atoms with Crippen molar-refractivity contribution in [2.24, 2.45) is 0 Å². The largest absolute Gasteiger partial charge is 0.361 e. The summed E-state index contributed by atoms with van der Waals surface area (Å²) in [5, 5.41) is 3.89. The highest BCUT2D eigenvalue weighted by Gasteiger charge is 2.14. The molecule has 0 aliphatic heterocycles. The van der Waals surface area contributed by atoms with Gasteiger partial charge in [0.05, 0.1) is 6.54 Å². The third-order valence-electron chi connectivity index (χ3n) is 4.40. The molecule has 0 saturated heterocycles. The maximum atomic E-state index is 12.4. The number of amides is 2. The molecule has 0 saturated carbocycles. The van der Waals surface area contributed by atoms with Gasteiger partial charge >= 0.3 is 0 Å². The zero-order chi connectivity index (χ0) is 19.2. The van der Waals surface area contributed by atoms with E-state index in [1.165, 1.54) is 4.90 Å². The summed E-state index contributed by atoms with van der Waals surface area (Å²) in [7, 11) is 1.63. The summed E-state index contributed by atoms with van der Waals surface area (Å²) in [4.78, 5) is 29.2. The van der Waals surface area contributed by atoms with Gasteiger partial charge in [0.1, 0.15) is 0 Å². The quantitative estimate of drug-likeness (QED) is 0.664. The van der Waals surface area contributed by atoms with Gasteiger partial charge < -0.3 is 15.2 Å². The van der Waals surface area contributed by atoms with Crippen molar-refractivity contribution in [2.45, 2.75) is 12.8 Å². The highest BCUT2D eigenvalue weighted by molar-refractivity contribution is 5.94. The lowest BCUT2D eigenvalue weighted by Crippen LogP contribution is -2.35. The van der Waals surface area contributed by atoms with Crippen molar-refractivity contribution in [2.75, 3.05) is 18.9 Å². The van der Waals surface area contributed by atoms with Gasteiger partial charge in [-0.1, -0.05) is 30.2 Å². The smallest absolute Gasteiger partial charge is 0.243 e. The van der Waals surface area contributed by atoms with Gasteiger partial charge in [-0.15, -0.1) is 6.42 Å². The first-order chi connectivity index (χ1) is 13.1. The molecule has 136 valence electrons. The van der Waals surface area contributed by atoms with Gasteiger partial charge in [0.15, 0.2) is 0 Å². The highest BCUT2D eigenvalue weighted by Crippen LogP contribution is 2.19. The van der Waals surface area contributed by atoms with E-state index in [0.29, 0.717) is 24.1 Å². The molecule has 0 radical (unpaired) electrons. The second-order valence-electron chi connectivity index (χ2n) is 6.38. The number of carbonyl (C=O) groups excluding carboxylic acids is 2. The third-order valence-corrected chi connectivity index (χ3v) is 4.40. The fourth-order valence-corrected chi connectivity index (χ4v) is 2.96. The molecule has 0 aliphatic carbocycles. The number of H-pyrrole nitrogens is 1. The van der Waals surface area contributed by atoms with Crippen molar-refractivity contribution in [3.05, 3.63) is 65.9 Å². The first-order valence-corrected chi connectivity index (χ1v) is 8.72. The Hall–Kier alpha value is -3.52. The molecule has 2 amide bonds. The Labute approximate surface area is 158 Å². The van der Waals surface area contributed by atoms with Gasteiger partial charge in [-0.3, -0.25) is 9.59 Å². The molecule has 1 heterocycles. The van der Waals surface area contributed by atoms with Gasteiger partial charge in [-0.25, -0.2) is 0 Å². The van der Waals surface area contributed by atoms with Crippen molar-refractivity contribution in [1.29, 1.82) is 0 Å². The number of hydrogen-bond donors (Lipinski definition) is 2. The van der Waals surface area contributed by atoms with Gasteiger partial charge in [0.2, 0.25) is 11.8 Å². The lowest BCUT2D eigenvalue weighted by Gasteiger charge is -2.17. The van der Waals surface area contributed by atoms with Crippen molar-refractivity contribution < 1.29 is 9.59 Å². The SMILES string of the molecule is C#Cc1cccc(NC(=O)CN(C)C(=O)CCc2c[nH]c3ccccc23)c1. The topological polar surface area (TPSA) is 65.2 Å². The summed E-state index contributed by atoms with van der Waals surface area (Å²) in [6.07, 6.45) is 8.26. The number of fused-ring (bicyclic) bond motifs is 1. The summed E-state index contributed by atoms with van der Waals surface area (Å²) < 4.78 is 0. The third kappa shape index (κ3) is 4.56. The van der Waals surface area contributed by atoms with Gasteiger partial charge in [-0.05, 0) is 36.2 Å². The molecule has 0 atom stereocenters. The molecule has 0 spiro atoms. The van der Waals surface area contributed by atoms with Gasteiger partial charge in [-0.2, -0.15) is 0 Å². The minimum atomic E-state index is -0.257. The van der Waals surface area contributed by atoms with Crippen molar-refractivity contribution in [3.63, 3.8) is 0 Å². The standard InChI is InChI=1S/C22H21N3O2/c1-3-16-7-6-8-18(13-16)24-21(26)15-25(2)22(27)12-11-17-14-23-20-10-5-4-9-19(17)20/h1,4-10,13-14,23H,11-12,15H2,2H3,(H,24,26). The number of anilines is 1. The van der Waals surface area contributed by atoms with Gasteiger partial charge in [0, 0.05) is 41.8 Å². The molecule has 27 heavy (non-hydrogen) atoms. The molecule has 5 nitrogen and oxygen atoms in total. The molecule has 2 N–H and O–H groups in total. The molecule has 0 unspecified atom stereocenters. The Bertz CT molecular complexity index is 1010. The normalized spacial score (nSPS) is 10.4. The number of hydrogen-bond acceptors (Lipinski definition) is 2. The number of carbonyl (C=O) groups is 2. The van der Waals surface area contributed by atoms with Crippen LogP contribution < -0.4 is 5.32 Å². The zero-order valence-electron chi connectivity index (χ0n) is 15.2. The Kier molecular flexibility index (Phi) is 5.58. The summed E-state index contributed by atoms with van der Waals surface area (Å²) in [6, 6.07) is 15.0. The van der Waals surface area contributed by atoms with E-state index in [1.807, 2.05) is 30.5 Å². The van der Waals surface area contributed by atoms with E-state index in [4.69, 9.17) is 6.42 Å². The van der Waals surface area contributed by atoms with Crippen LogP contribution in [0.5, 0.6) is 0 Å². The van der Waals surface area contributed by atoms with Crippen LogP contribution >= 0.6 is 0 Å². The zero-order valence-corrected chi connectivity index (χ0v) is 15.2. The predicted molar refractivity (Wildman–Crippen MR) is 107 cm³/mol. The number of nitrogens with one attached hydrogen (secondary N) is 2. The fraction of sp³-hybridized carbons (Fsp3) is 0.182. The van der Waals surface area contributed by atoms with E-state index in [9.17, 15) is 9.59 Å². The van der Waals surface area contributed by atoms with E-state index >= 15 is 0 Å². The number of nitrogens with zero attached hydrogens (tertiary/aromatic N) is 1. The van der Waals surface area contributed by atoms with Crippen LogP contribution in [0.15, 0.2) is 54.7 Å². The second-order valence-corrected chi connectivity index (χ2v) is 6.38. The van der Waals surface area contributed by atoms with Crippen LogP contribution in [-0.2, 0) is 16.0 Å². The minimum absolute atomic E-state index is 0.00695. The molecule has 0 bridgehead atoms. The molecule has 0 fully saturated rings. The molecular weight excluding hydrogens is 338 g/mol. The summed E-state index contributed by atoms with van der Waals surface area (Å²) >= 11 is 0. The summed E-state index contributed by atoms with van der Waals surface area (Å²) in [5.41, 5.74) is 3.47. The van der Waals surface area contributed by atoms with E-state index < -0.39 is 0 Å². The molecular formula is C22H21N3O2. The van der Waals surface area contributed by atoms with Crippen LogP contribution in [0.2, 0.25) is 0 Å². The maximum Gasteiger partial charge on any atom is 0.243 e. The van der Waals surface area contributed by atoms with Crippen LogP contribution in [0, 0.1) is 12.3 Å². The molecule has 2 aromatic carbocycles. The average Bonchev–Trinajstić information content (AvgIpc) is 3.09. The van der Waals surface area contributed by atoms with Crippen molar-refractivity contribution in [1.82, 2.24) is 9.88 Å². The number of aryl methyl sites for hydroxylation is 1. The van der Waals surface area contributed by atoms with E-state index in [-0.39, 0.29) is 18.4 Å². The fourth-order valence-electron chi connectivity index (χ4n) is 2.96. The Morgan fingerprint density at radius 3 is 2.81 bits per heavy atom. The van der Waals surface area contributed by atoms with Crippen LogP contribution in [0.25, 0.3) is 10.9 Å². The van der Waals surface area contributed by atoms with Crippen molar-refractivity contribution in [3.8, 4) is 12.3 Å². The van der Waals surface area contributed by atoms with Crippen LogP contribution in [0.1, 0.15) is 17.5 Å². The molecule has 0 aliphatic rings. The number of aromatic nitrogens is 1. The second kappa shape index (κ2) is 8.24. The molecule has 5 heteroatoms. The first kappa shape index (κ1) is 18.3. The number of rotatable bonds is 6. The van der Waals surface area contributed by atoms with Gasteiger partial charge in [0.25, 0.3) is 0 Å². The number of terminal acetylenes is 1. The van der Waals surface area contributed by atoms with Crippen LogP contribution in [0.4, 0.5) is 5.69 Å². The predicted octanol–water partition coefficient (Wildman–Crippen LogP) is 3.18. The maximum absolute atomic E-state index is 12.4. The summed E-state index contributed by atoms with van der Waals surface area (Å²) in [6.45, 7) is -0.00695. The molecule has 3 rings (SSSR count). The van der Waals surface area contributed by atoms with Crippen LogP contribution in [-0.4, -0.2) is 35.3 Å². The van der Waals surface area contributed by atoms with E-state index in [1.54, 1.807) is 31.3 Å². The Morgan fingerprint density at radius 1 is 1.19 bits per heavy atom. The van der Waals surface area contributed by atoms with Crippen LogP contribution in [0.3, 0.4) is 0 Å². The monoisotopic (exact) mass is 359 g/mol. The average molecular weight is 359 g/mol. The van der Waals surface area contributed by atoms with E-state index in [2.05, 4.69) is 16.2 Å². The Balaban J connectivity index is 1.52. The molecule has 1 aromatic heterocycles. The first-order valence-electron chi connectivity index (χ1n) is 8.72. The number of para-hydroxylation sites is 1. The highest BCUT2D eigenvalue weighted by atomic mass is 16.2. The molecule has 3 aromatic rings. The van der Waals surface area contributed by atoms with E-state index in [0.717, 1.165) is 16.5 Å². The lowest BCUT2D eigenvalue weighted by atomic mass is 10.1. The number of likely N-dealkylation sites (N-methyl/N-ethyl adjacent to an activating group) is 1. The van der Waals surface area contributed by atoms with Crippen molar-refractivity contribution >= 4 is 28.4 Å². The lowest BCUT2D eigenvalue weighted by molar-refractivity contribution is -0.133. The summed E-state index contributed by atoms with van der Waals surface area (Å²) in [5.74, 6) is 2.19. The Morgan fingerprint density at radius 2 is 2.00 bits per heavy atom.